The number of benzene rings is 2. The van der Waals surface area contributed by atoms with Gasteiger partial charge in [-0.2, -0.15) is 0 Å². The molecule has 3 N–H and O–H groups in total. The maximum absolute atomic E-state index is 12.4. The largest absolute Gasteiger partial charge is 0.493 e. The Labute approximate surface area is 179 Å². The average molecular weight is 437 g/mol. The number of carbonyl (C=O) groups is 2. The van der Waals surface area contributed by atoms with Crippen molar-refractivity contribution in [3.8, 4) is 11.5 Å². The Kier molecular flexibility index (Phi) is 7.53. The summed E-state index contributed by atoms with van der Waals surface area (Å²) >= 11 is 12.0. The fraction of sp³-hybridized carbons (Fsp3) is 0.238. The van der Waals surface area contributed by atoms with Crippen molar-refractivity contribution >= 4 is 41.1 Å². The van der Waals surface area contributed by atoms with Crippen molar-refractivity contribution in [2.24, 2.45) is 5.73 Å². The summed E-state index contributed by atoms with van der Waals surface area (Å²) in [5.74, 6) is -0.0648. The number of hydrogen-bond acceptors (Lipinski definition) is 4. The van der Waals surface area contributed by atoms with Gasteiger partial charge in [-0.05, 0) is 55.3 Å². The molecule has 0 bridgehead atoms. The van der Waals surface area contributed by atoms with Crippen LogP contribution < -0.4 is 20.5 Å². The van der Waals surface area contributed by atoms with Gasteiger partial charge in [-0.25, -0.2) is 0 Å². The zero-order chi connectivity index (χ0) is 21.6. The third-order valence-corrected chi connectivity index (χ3v) is 4.80. The molecule has 2 amide bonds. The van der Waals surface area contributed by atoms with E-state index in [1.54, 1.807) is 36.4 Å². The Morgan fingerprint density at radius 3 is 2.45 bits per heavy atom. The molecule has 0 saturated carbocycles. The fourth-order valence-electron chi connectivity index (χ4n) is 2.53. The Bertz CT molecular complexity index is 942. The van der Waals surface area contributed by atoms with Crippen LogP contribution in [-0.2, 0) is 15.1 Å². The van der Waals surface area contributed by atoms with Crippen LogP contribution >= 0.6 is 23.2 Å². The Balaban J connectivity index is 2.09. The third-order valence-electron chi connectivity index (χ3n) is 4.06. The van der Waals surface area contributed by atoms with Crippen LogP contribution in [0.4, 0.5) is 0 Å². The molecule has 0 saturated heterocycles. The van der Waals surface area contributed by atoms with Crippen LogP contribution in [0.2, 0.25) is 10.0 Å². The summed E-state index contributed by atoms with van der Waals surface area (Å²) in [4.78, 5) is 23.2. The molecule has 0 radical (unpaired) electrons. The van der Waals surface area contributed by atoms with Crippen LogP contribution in [0.15, 0.2) is 42.5 Å². The van der Waals surface area contributed by atoms with Crippen LogP contribution in [0.25, 0.3) is 6.08 Å². The molecule has 2 aromatic carbocycles. The second-order valence-electron chi connectivity index (χ2n) is 6.74. The van der Waals surface area contributed by atoms with E-state index < -0.39 is 11.4 Å². The number of ether oxygens (including phenoxy) is 2. The first-order chi connectivity index (χ1) is 13.6. The molecule has 29 heavy (non-hydrogen) atoms. The lowest BCUT2D eigenvalue weighted by molar-refractivity contribution is -0.120. The predicted molar refractivity (Wildman–Crippen MR) is 114 cm³/mol. The van der Waals surface area contributed by atoms with Crippen LogP contribution in [0.1, 0.15) is 25.0 Å². The summed E-state index contributed by atoms with van der Waals surface area (Å²) in [6, 6.07) is 10.3. The molecule has 0 aromatic heterocycles. The maximum atomic E-state index is 12.4. The number of nitrogens with two attached hydrogens (primary N) is 1. The Morgan fingerprint density at radius 1 is 1.10 bits per heavy atom. The van der Waals surface area contributed by atoms with E-state index in [0.717, 1.165) is 11.1 Å². The summed E-state index contributed by atoms with van der Waals surface area (Å²) in [6.45, 7) is 3.48. The number of carbonyl (C=O) groups excluding carboxylic acids is 2. The number of methoxy groups -OCH3 is 1. The molecule has 8 heteroatoms. The molecular weight excluding hydrogens is 415 g/mol. The summed E-state index contributed by atoms with van der Waals surface area (Å²) in [5, 5.41) is 3.80. The Hall–Kier alpha value is -2.70. The molecule has 2 aromatic rings. The van der Waals surface area contributed by atoms with Crippen LogP contribution in [-0.4, -0.2) is 25.5 Å². The smallest absolute Gasteiger partial charge is 0.255 e. The number of halogens is 2. The molecule has 0 aliphatic rings. The lowest BCUT2D eigenvalue weighted by Gasteiger charge is -2.26. The standard InChI is InChI=1S/C21H22Cl2N2O4/c1-21(2,14-6-7-15(22)16(23)11-14)25-20(27)9-5-13-4-8-17(18(10-13)28-3)29-12-19(24)26/h4-11H,12H2,1-3H3,(H2,24,26)(H,25,27)/b9-5+. The van der Waals surface area contributed by atoms with Crippen molar-refractivity contribution in [3.63, 3.8) is 0 Å². The highest BCUT2D eigenvalue weighted by Gasteiger charge is 2.22. The SMILES string of the molecule is COc1cc(/C=C/C(=O)NC(C)(C)c2ccc(Cl)c(Cl)c2)ccc1OCC(N)=O. The predicted octanol–water partition coefficient (Wildman–Crippen LogP) is 3.93. The molecular formula is C21H22Cl2N2O4. The normalized spacial score (nSPS) is 11.3. The van der Waals surface area contributed by atoms with E-state index in [0.29, 0.717) is 21.5 Å². The van der Waals surface area contributed by atoms with Gasteiger partial charge >= 0.3 is 0 Å². The van der Waals surface area contributed by atoms with Crippen molar-refractivity contribution in [1.29, 1.82) is 0 Å². The average Bonchev–Trinajstić information content (AvgIpc) is 2.66. The van der Waals surface area contributed by atoms with Gasteiger partial charge in [0.1, 0.15) is 0 Å². The highest BCUT2D eigenvalue weighted by atomic mass is 35.5. The molecule has 154 valence electrons. The third kappa shape index (κ3) is 6.41. The molecule has 0 heterocycles. The van der Waals surface area contributed by atoms with E-state index in [4.69, 9.17) is 38.4 Å². The van der Waals surface area contributed by atoms with Crippen LogP contribution in [0, 0.1) is 0 Å². The zero-order valence-corrected chi connectivity index (χ0v) is 17.8. The van der Waals surface area contributed by atoms with Crippen LogP contribution in [0.5, 0.6) is 11.5 Å². The molecule has 0 fully saturated rings. The number of primary amides is 1. The molecule has 0 atom stereocenters. The molecule has 0 aliphatic heterocycles. The maximum Gasteiger partial charge on any atom is 0.255 e. The van der Waals surface area contributed by atoms with Gasteiger partial charge in [0.25, 0.3) is 5.91 Å². The second kappa shape index (κ2) is 9.67. The number of amides is 2. The molecule has 0 spiro atoms. The quantitative estimate of drug-likeness (QED) is 0.613. The first kappa shape index (κ1) is 22.6. The highest BCUT2D eigenvalue weighted by Crippen LogP contribution is 2.29. The summed E-state index contributed by atoms with van der Waals surface area (Å²) in [7, 11) is 1.48. The summed E-state index contributed by atoms with van der Waals surface area (Å²) in [6.07, 6.45) is 3.05. The zero-order valence-electron chi connectivity index (χ0n) is 16.3. The van der Waals surface area contributed by atoms with E-state index in [9.17, 15) is 9.59 Å². The first-order valence-corrected chi connectivity index (χ1v) is 9.43. The van der Waals surface area contributed by atoms with Gasteiger partial charge in [0.15, 0.2) is 18.1 Å². The second-order valence-corrected chi connectivity index (χ2v) is 7.56. The number of rotatable bonds is 8. The van der Waals surface area contributed by atoms with Crippen molar-refractivity contribution in [1.82, 2.24) is 5.32 Å². The topological polar surface area (TPSA) is 90.7 Å². The van der Waals surface area contributed by atoms with E-state index >= 15 is 0 Å². The van der Waals surface area contributed by atoms with Gasteiger partial charge in [0.2, 0.25) is 5.91 Å². The van der Waals surface area contributed by atoms with Crippen molar-refractivity contribution in [2.45, 2.75) is 19.4 Å². The van der Waals surface area contributed by atoms with E-state index in [-0.39, 0.29) is 12.5 Å². The highest BCUT2D eigenvalue weighted by molar-refractivity contribution is 6.42. The minimum Gasteiger partial charge on any atom is -0.493 e. The Morgan fingerprint density at radius 2 is 1.83 bits per heavy atom. The molecule has 2 rings (SSSR count). The van der Waals surface area contributed by atoms with Gasteiger partial charge in [-0.3, -0.25) is 9.59 Å². The fourth-order valence-corrected chi connectivity index (χ4v) is 2.83. The summed E-state index contributed by atoms with van der Waals surface area (Å²) < 4.78 is 10.5. The summed E-state index contributed by atoms with van der Waals surface area (Å²) in [5.41, 5.74) is 5.97. The van der Waals surface area contributed by atoms with Gasteiger partial charge < -0.3 is 20.5 Å². The van der Waals surface area contributed by atoms with Crippen molar-refractivity contribution in [3.05, 3.63) is 63.6 Å². The molecule has 0 unspecified atom stereocenters. The molecule has 6 nitrogen and oxygen atoms in total. The van der Waals surface area contributed by atoms with Gasteiger partial charge in [-0.15, -0.1) is 0 Å². The lowest BCUT2D eigenvalue weighted by atomic mass is 9.94. The minimum atomic E-state index is -0.653. The molecule has 0 aliphatic carbocycles. The monoisotopic (exact) mass is 436 g/mol. The van der Waals surface area contributed by atoms with Gasteiger partial charge in [0.05, 0.1) is 22.7 Å². The first-order valence-electron chi connectivity index (χ1n) is 8.67. The van der Waals surface area contributed by atoms with E-state index in [2.05, 4.69) is 5.32 Å². The number of nitrogens with one attached hydrogen (secondary N) is 1. The minimum absolute atomic E-state index is 0.252. The lowest BCUT2D eigenvalue weighted by Crippen LogP contribution is -2.40. The van der Waals surface area contributed by atoms with E-state index in [1.165, 1.54) is 13.2 Å². The van der Waals surface area contributed by atoms with Gasteiger partial charge in [-0.1, -0.05) is 35.3 Å². The van der Waals surface area contributed by atoms with Crippen molar-refractivity contribution < 1.29 is 19.1 Å². The van der Waals surface area contributed by atoms with Crippen LogP contribution in [0.3, 0.4) is 0 Å². The van der Waals surface area contributed by atoms with Gasteiger partial charge in [0, 0.05) is 6.08 Å². The van der Waals surface area contributed by atoms with E-state index in [1.807, 2.05) is 19.9 Å². The van der Waals surface area contributed by atoms with Crippen molar-refractivity contribution in [2.75, 3.05) is 13.7 Å². The number of hydrogen-bond donors (Lipinski definition) is 2.